The zero-order valence-corrected chi connectivity index (χ0v) is 11.8. The molecule has 0 fully saturated rings. The van der Waals surface area contributed by atoms with Gasteiger partial charge in [-0.3, -0.25) is 4.79 Å². The second kappa shape index (κ2) is 6.42. The highest BCUT2D eigenvalue weighted by Gasteiger charge is 2.12. The van der Waals surface area contributed by atoms with E-state index >= 15 is 0 Å². The van der Waals surface area contributed by atoms with E-state index in [1.54, 1.807) is 12.1 Å². The van der Waals surface area contributed by atoms with Crippen molar-refractivity contribution in [1.29, 1.82) is 0 Å². The second-order valence-corrected chi connectivity index (χ2v) is 6.40. The molecule has 0 aliphatic carbocycles. The Hall–Kier alpha value is -0.170. The fourth-order valence-electron chi connectivity index (χ4n) is 0.921. The molecule has 1 aromatic heterocycles. The quantitative estimate of drug-likeness (QED) is 0.817. The summed E-state index contributed by atoms with van der Waals surface area (Å²) >= 11 is 8.13. The standard InChI is InChI=1S/C9H10Br2N2OS/c10-7-5-6(8(11)15-7)9(14)13-4-2-1-3-12/h1-2,5H,3-4,12H2,(H,13,14)/b2-1+. The van der Waals surface area contributed by atoms with Crippen LogP contribution in [0.2, 0.25) is 0 Å². The first-order valence-corrected chi connectivity index (χ1v) is 6.63. The van der Waals surface area contributed by atoms with Crippen LogP contribution in [0.4, 0.5) is 0 Å². The Morgan fingerprint density at radius 1 is 1.53 bits per heavy atom. The molecular weight excluding hydrogens is 344 g/mol. The summed E-state index contributed by atoms with van der Waals surface area (Å²) in [4.78, 5) is 11.6. The fourth-order valence-corrected chi connectivity index (χ4v) is 3.71. The Balaban J connectivity index is 2.54. The molecule has 15 heavy (non-hydrogen) atoms. The molecule has 3 N–H and O–H groups in total. The van der Waals surface area contributed by atoms with E-state index in [9.17, 15) is 4.79 Å². The summed E-state index contributed by atoms with van der Waals surface area (Å²) in [6, 6.07) is 1.79. The predicted octanol–water partition coefficient (Wildman–Crippen LogP) is 2.52. The average Bonchev–Trinajstić information content (AvgIpc) is 2.52. The zero-order chi connectivity index (χ0) is 11.3. The van der Waals surface area contributed by atoms with E-state index < -0.39 is 0 Å². The third kappa shape index (κ3) is 4.06. The maximum atomic E-state index is 11.6. The van der Waals surface area contributed by atoms with Crippen molar-refractivity contribution in [2.24, 2.45) is 5.73 Å². The molecule has 0 bridgehead atoms. The zero-order valence-electron chi connectivity index (χ0n) is 7.80. The molecule has 0 saturated carbocycles. The lowest BCUT2D eigenvalue weighted by atomic mass is 10.3. The first-order valence-electron chi connectivity index (χ1n) is 4.23. The SMILES string of the molecule is NC/C=C/CNC(=O)c1cc(Br)sc1Br. The Morgan fingerprint density at radius 3 is 2.80 bits per heavy atom. The van der Waals surface area contributed by atoms with Gasteiger partial charge in [-0.2, -0.15) is 0 Å². The highest BCUT2D eigenvalue weighted by Crippen LogP contribution is 2.31. The first kappa shape index (κ1) is 12.9. The van der Waals surface area contributed by atoms with E-state index in [0.717, 1.165) is 7.57 Å². The number of carbonyl (C=O) groups is 1. The summed E-state index contributed by atoms with van der Waals surface area (Å²) < 4.78 is 1.76. The van der Waals surface area contributed by atoms with Gasteiger partial charge in [-0.15, -0.1) is 11.3 Å². The van der Waals surface area contributed by atoms with Gasteiger partial charge < -0.3 is 11.1 Å². The van der Waals surface area contributed by atoms with E-state index in [0.29, 0.717) is 18.7 Å². The van der Waals surface area contributed by atoms with Crippen molar-refractivity contribution in [1.82, 2.24) is 5.32 Å². The van der Waals surface area contributed by atoms with Gasteiger partial charge in [0.15, 0.2) is 0 Å². The number of halogens is 2. The number of thiophene rings is 1. The number of nitrogens with one attached hydrogen (secondary N) is 1. The Kier molecular flexibility index (Phi) is 5.52. The lowest BCUT2D eigenvalue weighted by Gasteiger charge is -1.99. The predicted molar refractivity (Wildman–Crippen MR) is 70.2 cm³/mol. The van der Waals surface area contributed by atoms with Gasteiger partial charge in [0.25, 0.3) is 5.91 Å². The van der Waals surface area contributed by atoms with Crippen LogP contribution in [-0.2, 0) is 0 Å². The van der Waals surface area contributed by atoms with Crippen LogP contribution in [0.5, 0.6) is 0 Å². The van der Waals surface area contributed by atoms with Crippen molar-refractivity contribution in [3.05, 3.63) is 31.4 Å². The Labute approximate surface area is 109 Å². The summed E-state index contributed by atoms with van der Waals surface area (Å²) in [7, 11) is 0. The molecule has 0 aliphatic rings. The van der Waals surface area contributed by atoms with E-state index in [1.807, 2.05) is 6.08 Å². The van der Waals surface area contributed by atoms with Crippen molar-refractivity contribution in [2.75, 3.05) is 13.1 Å². The maximum Gasteiger partial charge on any atom is 0.253 e. The molecule has 0 aromatic carbocycles. The molecule has 0 spiro atoms. The topological polar surface area (TPSA) is 55.1 Å². The van der Waals surface area contributed by atoms with E-state index in [4.69, 9.17) is 5.73 Å². The monoisotopic (exact) mass is 352 g/mol. The second-order valence-electron chi connectivity index (χ2n) is 2.66. The number of amides is 1. The highest BCUT2D eigenvalue weighted by molar-refractivity contribution is 9.12. The number of hydrogen-bond acceptors (Lipinski definition) is 3. The molecule has 0 aliphatic heterocycles. The van der Waals surface area contributed by atoms with Crippen molar-refractivity contribution in [3.8, 4) is 0 Å². The van der Waals surface area contributed by atoms with Crippen LogP contribution in [-0.4, -0.2) is 19.0 Å². The number of nitrogens with two attached hydrogens (primary N) is 1. The molecule has 1 heterocycles. The summed E-state index contributed by atoms with van der Waals surface area (Å²) in [6.07, 6.45) is 3.63. The summed E-state index contributed by atoms with van der Waals surface area (Å²) in [6.45, 7) is 0.986. The molecule has 0 saturated heterocycles. The van der Waals surface area contributed by atoms with Crippen LogP contribution in [0.1, 0.15) is 10.4 Å². The molecule has 1 amide bonds. The largest absolute Gasteiger partial charge is 0.349 e. The first-order chi connectivity index (χ1) is 7.15. The van der Waals surface area contributed by atoms with Gasteiger partial charge in [-0.05, 0) is 37.9 Å². The molecule has 3 nitrogen and oxygen atoms in total. The van der Waals surface area contributed by atoms with E-state index in [-0.39, 0.29) is 5.91 Å². The van der Waals surface area contributed by atoms with Crippen molar-refractivity contribution in [2.45, 2.75) is 0 Å². The lowest BCUT2D eigenvalue weighted by molar-refractivity contribution is 0.0957. The summed E-state index contributed by atoms with van der Waals surface area (Å²) in [5.41, 5.74) is 5.92. The molecule has 6 heteroatoms. The molecule has 1 aromatic rings. The number of hydrogen-bond donors (Lipinski definition) is 2. The van der Waals surface area contributed by atoms with Gasteiger partial charge >= 0.3 is 0 Å². The van der Waals surface area contributed by atoms with Crippen molar-refractivity contribution >= 4 is 49.1 Å². The smallest absolute Gasteiger partial charge is 0.253 e. The van der Waals surface area contributed by atoms with E-state index in [1.165, 1.54) is 11.3 Å². The normalized spacial score (nSPS) is 10.9. The van der Waals surface area contributed by atoms with E-state index in [2.05, 4.69) is 37.2 Å². The van der Waals surface area contributed by atoms with Gasteiger partial charge in [-0.1, -0.05) is 12.2 Å². The number of rotatable bonds is 4. The highest BCUT2D eigenvalue weighted by atomic mass is 79.9. The van der Waals surface area contributed by atoms with Crippen molar-refractivity contribution < 1.29 is 4.79 Å². The maximum absolute atomic E-state index is 11.6. The van der Waals surface area contributed by atoms with Gasteiger partial charge in [0, 0.05) is 13.1 Å². The molecule has 1 rings (SSSR count). The average molecular weight is 354 g/mol. The van der Waals surface area contributed by atoms with Gasteiger partial charge in [0.2, 0.25) is 0 Å². The molecular formula is C9H10Br2N2OS. The minimum absolute atomic E-state index is 0.0921. The van der Waals surface area contributed by atoms with Gasteiger partial charge in [0.1, 0.15) is 0 Å². The molecule has 0 atom stereocenters. The van der Waals surface area contributed by atoms with Crippen LogP contribution < -0.4 is 11.1 Å². The Bertz CT molecular complexity index is 376. The van der Waals surface area contributed by atoms with Crippen LogP contribution in [0.15, 0.2) is 25.8 Å². The van der Waals surface area contributed by atoms with Gasteiger partial charge in [0.05, 0.1) is 13.1 Å². The fraction of sp³-hybridized carbons (Fsp3) is 0.222. The van der Waals surface area contributed by atoms with Crippen LogP contribution in [0.25, 0.3) is 0 Å². The van der Waals surface area contributed by atoms with Crippen LogP contribution in [0, 0.1) is 0 Å². The summed E-state index contributed by atoms with van der Waals surface area (Å²) in [5.74, 6) is -0.0921. The third-order valence-electron chi connectivity index (χ3n) is 1.58. The molecule has 82 valence electrons. The third-order valence-corrected chi connectivity index (χ3v) is 3.92. The Morgan fingerprint density at radius 2 is 2.27 bits per heavy atom. The summed E-state index contributed by atoms with van der Waals surface area (Å²) in [5, 5.41) is 2.76. The van der Waals surface area contributed by atoms with Crippen molar-refractivity contribution in [3.63, 3.8) is 0 Å². The van der Waals surface area contributed by atoms with Gasteiger partial charge in [-0.25, -0.2) is 0 Å². The molecule has 0 unspecified atom stereocenters. The lowest BCUT2D eigenvalue weighted by Crippen LogP contribution is -2.23. The molecule has 0 radical (unpaired) electrons. The van der Waals surface area contributed by atoms with Crippen LogP contribution in [0.3, 0.4) is 0 Å². The van der Waals surface area contributed by atoms with Crippen LogP contribution >= 0.6 is 43.2 Å². The minimum atomic E-state index is -0.0921. The number of carbonyl (C=O) groups excluding carboxylic acids is 1. The minimum Gasteiger partial charge on any atom is -0.349 e.